The molecule has 0 aliphatic rings. The van der Waals surface area contributed by atoms with Crippen molar-refractivity contribution in [1.82, 2.24) is 10.2 Å². The second-order valence-electron chi connectivity index (χ2n) is 8.65. The van der Waals surface area contributed by atoms with Crippen molar-refractivity contribution in [1.29, 1.82) is 0 Å². The van der Waals surface area contributed by atoms with Crippen LogP contribution in [0.2, 0.25) is 0 Å². The number of nitrogens with zero attached hydrogens (tertiary/aromatic N) is 1. The smallest absolute Gasteiger partial charge is 0.261 e. The van der Waals surface area contributed by atoms with Crippen molar-refractivity contribution in [2.75, 3.05) is 20.8 Å². The van der Waals surface area contributed by atoms with Crippen LogP contribution in [0.5, 0.6) is 17.2 Å². The fourth-order valence-corrected chi connectivity index (χ4v) is 3.25. The molecule has 0 spiro atoms. The maximum absolute atomic E-state index is 13.4. The minimum atomic E-state index is -0.717. The third-order valence-corrected chi connectivity index (χ3v) is 4.84. The molecule has 7 nitrogen and oxygen atoms in total. The van der Waals surface area contributed by atoms with Crippen LogP contribution >= 0.6 is 0 Å². The van der Waals surface area contributed by atoms with Gasteiger partial charge in [-0.15, -0.1) is 0 Å². The lowest BCUT2D eigenvalue weighted by Crippen LogP contribution is -2.54. The molecule has 0 saturated heterocycles. The van der Waals surface area contributed by atoms with E-state index in [1.165, 1.54) is 31.3 Å². The molecule has 0 bridgehead atoms. The van der Waals surface area contributed by atoms with Crippen LogP contribution in [0.25, 0.3) is 0 Å². The highest BCUT2D eigenvalue weighted by Gasteiger charge is 2.31. The number of benzene rings is 2. The van der Waals surface area contributed by atoms with Crippen molar-refractivity contribution in [3.63, 3.8) is 0 Å². The van der Waals surface area contributed by atoms with Gasteiger partial charge in [0.05, 0.1) is 14.2 Å². The molecule has 0 aromatic heterocycles. The Morgan fingerprint density at radius 2 is 1.55 bits per heavy atom. The van der Waals surface area contributed by atoms with E-state index in [9.17, 15) is 14.0 Å². The molecule has 180 valence electrons. The van der Waals surface area contributed by atoms with Crippen molar-refractivity contribution in [2.24, 2.45) is 0 Å². The number of methoxy groups -OCH3 is 2. The van der Waals surface area contributed by atoms with Gasteiger partial charge in [-0.2, -0.15) is 0 Å². The van der Waals surface area contributed by atoms with Crippen molar-refractivity contribution in [3.8, 4) is 17.2 Å². The minimum Gasteiger partial charge on any atom is -0.496 e. The Kier molecular flexibility index (Phi) is 9.08. The zero-order chi connectivity index (χ0) is 24.6. The number of hydrogen-bond acceptors (Lipinski definition) is 5. The lowest BCUT2D eigenvalue weighted by molar-refractivity contribution is -0.143. The summed E-state index contributed by atoms with van der Waals surface area (Å²) < 4.78 is 29.6. The fraction of sp³-hybridized carbons (Fsp3) is 0.440. The lowest BCUT2D eigenvalue weighted by Gasteiger charge is -2.33. The van der Waals surface area contributed by atoms with Gasteiger partial charge in [0.2, 0.25) is 5.91 Å². The van der Waals surface area contributed by atoms with Crippen molar-refractivity contribution >= 4 is 11.8 Å². The van der Waals surface area contributed by atoms with E-state index in [4.69, 9.17) is 14.2 Å². The maximum Gasteiger partial charge on any atom is 0.261 e. The molecule has 0 aliphatic heterocycles. The molecule has 2 amide bonds. The highest BCUT2D eigenvalue weighted by Crippen LogP contribution is 2.27. The Hall–Kier alpha value is -3.29. The molecular weight excluding hydrogens is 427 g/mol. The average molecular weight is 461 g/mol. The Labute approximate surface area is 194 Å². The van der Waals surface area contributed by atoms with Gasteiger partial charge in [-0.25, -0.2) is 4.39 Å². The number of carbonyl (C=O) groups excluding carboxylic acids is 2. The molecule has 1 unspecified atom stereocenters. The molecule has 2 rings (SSSR count). The first-order chi connectivity index (χ1) is 15.6. The van der Waals surface area contributed by atoms with Gasteiger partial charge >= 0.3 is 0 Å². The molecule has 0 aliphatic carbocycles. The normalized spacial score (nSPS) is 12.0. The number of halogens is 1. The predicted octanol–water partition coefficient (Wildman–Crippen LogP) is 3.94. The Bertz CT molecular complexity index is 919. The standard InChI is InChI=1S/C25H33FN2O5/c1-7-22(24(30)27-25(2,3)4)28(15-17-8-10-18(26)11-9-17)23(29)16-33-21-13-19(31-5)12-20(14-21)32-6/h8-14,22H,7,15-16H2,1-6H3,(H,27,30). The lowest BCUT2D eigenvalue weighted by atomic mass is 10.1. The first-order valence-electron chi connectivity index (χ1n) is 10.8. The highest BCUT2D eigenvalue weighted by atomic mass is 19.1. The summed E-state index contributed by atoms with van der Waals surface area (Å²) in [4.78, 5) is 27.7. The Morgan fingerprint density at radius 1 is 1.00 bits per heavy atom. The van der Waals surface area contributed by atoms with Crippen LogP contribution in [-0.4, -0.2) is 49.1 Å². The van der Waals surface area contributed by atoms with Crippen LogP contribution in [-0.2, 0) is 16.1 Å². The average Bonchev–Trinajstić information content (AvgIpc) is 2.77. The second-order valence-corrected chi connectivity index (χ2v) is 8.65. The van der Waals surface area contributed by atoms with Crippen molar-refractivity contribution in [3.05, 3.63) is 53.8 Å². The molecule has 0 saturated carbocycles. The molecular formula is C25H33FN2O5. The number of carbonyl (C=O) groups is 2. The summed E-state index contributed by atoms with van der Waals surface area (Å²) >= 11 is 0. The predicted molar refractivity (Wildman–Crippen MR) is 124 cm³/mol. The monoisotopic (exact) mass is 460 g/mol. The summed E-state index contributed by atoms with van der Waals surface area (Å²) in [5.41, 5.74) is 0.248. The van der Waals surface area contributed by atoms with E-state index in [2.05, 4.69) is 5.32 Å². The molecule has 8 heteroatoms. The summed E-state index contributed by atoms with van der Waals surface area (Å²) in [5.74, 6) is 0.436. The van der Waals surface area contributed by atoms with Crippen LogP contribution in [0.3, 0.4) is 0 Å². The van der Waals surface area contributed by atoms with E-state index < -0.39 is 11.6 Å². The van der Waals surface area contributed by atoms with E-state index >= 15 is 0 Å². The van der Waals surface area contributed by atoms with Crippen molar-refractivity contribution in [2.45, 2.75) is 52.2 Å². The van der Waals surface area contributed by atoms with Gasteiger partial charge in [-0.05, 0) is 44.9 Å². The molecule has 1 atom stereocenters. The maximum atomic E-state index is 13.4. The SMILES string of the molecule is CCC(C(=O)NC(C)(C)C)N(Cc1ccc(F)cc1)C(=O)COc1cc(OC)cc(OC)c1. The van der Waals surface area contributed by atoms with Crippen LogP contribution in [0.15, 0.2) is 42.5 Å². The molecule has 0 fully saturated rings. The van der Waals surface area contributed by atoms with E-state index in [1.54, 1.807) is 30.3 Å². The molecule has 33 heavy (non-hydrogen) atoms. The van der Waals surface area contributed by atoms with Gasteiger partial charge < -0.3 is 24.4 Å². The topological polar surface area (TPSA) is 77.1 Å². The van der Waals surface area contributed by atoms with Gasteiger partial charge in [0.1, 0.15) is 29.1 Å². The summed E-state index contributed by atoms with van der Waals surface area (Å²) in [6.45, 7) is 7.32. The summed E-state index contributed by atoms with van der Waals surface area (Å²) in [7, 11) is 3.04. The summed E-state index contributed by atoms with van der Waals surface area (Å²) in [5, 5.41) is 2.94. The molecule has 2 aromatic rings. The first kappa shape index (κ1) is 26.0. The fourth-order valence-electron chi connectivity index (χ4n) is 3.25. The Morgan fingerprint density at radius 3 is 2.03 bits per heavy atom. The van der Waals surface area contributed by atoms with E-state index in [1.807, 2.05) is 27.7 Å². The zero-order valence-corrected chi connectivity index (χ0v) is 20.1. The minimum absolute atomic E-state index is 0.139. The highest BCUT2D eigenvalue weighted by molar-refractivity contribution is 5.88. The summed E-state index contributed by atoms with van der Waals surface area (Å²) in [6.07, 6.45) is 0.405. The second kappa shape index (κ2) is 11.5. The van der Waals surface area contributed by atoms with Crippen LogP contribution in [0.4, 0.5) is 4.39 Å². The quantitative estimate of drug-likeness (QED) is 0.581. The van der Waals surface area contributed by atoms with Crippen molar-refractivity contribution < 1.29 is 28.2 Å². The van der Waals surface area contributed by atoms with E-state index in [0.717, 1.165) is 0 Å². The number of rotatable bonds is 10. The van der Waals surface area contributed by atoms with E-state index in [-0.39, 0.29) is 30.8 Å². The van der Waals surface area contributed by atoms with Gasteiger partial charge in [0.15, 0.2) is 6.61 Å². The molecule has 0 radical (unpaired) electrons. The van der Waals surface area contributed by atoms with Gasteiger partial charge in [0.25, 0.3) is 5.91 Å². The third kappa shape index (κ3) is 7.97. The molecule has 0 heterocycles. The molecule has 2 aromatic carbocycles. The number of amides is 2. The van der Waals surface area contributed by atoms with Gasteiger partial charge in [0, 0.05) is 30.3 Å². The largest absolute Gasteiger partial charge is 0.496 e. The zero-order valence-electron chi connectivity index (χ0n) is 20.1. The Balaban J connectivity index is 2.26. The van der Waals surface area contributed by atoms with Gasteiger partial charge in [-0.1, -0.05) is 19.1 Å². The number of ether oxygens (including phenoxy) is 3. The number of nitrogens with one attached hydrogen (secondary N) is 1. The van der Waals surface area contributed by atoms with Crippen LogP contribution in [0, 0.1) is 5.82 Å². The molecule has 1 N–H and O–H groups in total. The van der Waals surface area contributed by atoms with E-state index in [0.29, 0.717) is 29.2 Å². The van der Waals surface area contributed by atoms with Gasteiger partial charge in [-0.3, -0.25) is 9.59 Å². The van der Waals surface area contributed by atoms with Crippen LogP contribution < -0.4 is 19.5 Å². The third-order valence-electron chi connectivity index (χ3n) is 4.84. The van der Waals surface area contributed by atoms with Crippen LogP contribution in [0.1, 0.15) is 39.7 Å². The summed E-state index contributed by atoms with van der Waals surface area (Å²) in [6, 6.07) is 10.1. The number of hydrogen-bond donors (Lipinski definition) is 1. The first-order valence-corrected chi connectivity index (χ1v) is 10.8.